The van der Waals surface area contributed by atoms with Crippen molar-refractivity contribution in [2.24, 2.45) is 0 Å². The molecule has 0 spiro atoms. The van der Waals surface area contributed by atoms with Gasteiger partial charge in [-0.3, -0.25) is 10.9 Å². The first-order chi connectivity index (χ1) is 5.86. The van der Waals surface area contributed by atoms with Crippen LogP contribution in [0.25, 0.3) is 0 Å². The highest BCUT2D eigenvalue weighted by Crippen LogP contribution is 2.20. The van der Waals surface area contributed by atoms with Crippen molar-refractivity contribution in [3.8, 4) is 0 Å². The van der Waals surface area contributed by atoms with E-state index in [4.69, 9.17) is 0 Å². The number of hydrazine groups is 1. The third-order valence-electron chi connectivity index (χ3n) is 2.30. The minimum Gasteiger partial charge on any atom is -0.254 e. The predicted octanol–water partition coefficient (Wildman–Crippen LogP) is 1.61. The van der Waals surface area contributed by atoms with E-state index in [1.54, 1.807) is 0 Å². The predicted molar refractivity (Wildman–Crippen MR) is 49.5 cm³/mol. The molecule has 1 fully saturated rings. The summed E-state index contributed by atoms with van der Waals surface area (Å²) < 4.78 is 0. The summed E-state index contributed by atoms with van der Waals surface area (Å²) in [7, 11) is 0. The molecule has 12 heavy (non-hydrogen) atoms. The van der Waals surface area contributed by atoms with Crippen LogP contribution in [0.15, 0.2) is 30.3 Å². The molecule has 1 aromatic carbocycles. The standard InChI is InChI=1S/C10H14N2/c1-8-7-10(12-11-8)9-5-3-2-4-6-9/h2-6,8,10-12H,7H2,1H3. The zero-order valence-corrected chi connectivity index (χ0v) is 7.25. The molecule has 1 saturated heterocycles. The second kappa shape index (κ2) is 3.25. The van der Waals surface area contributed by atoms with E-state index in [2.05, 4.69) is 48.1 Å². The Morgan fingerprint density at radius 2 is 1.92 bits per heavy atom. The fraction of sp³-hybridized carbons (Fsp3) is 0.400. The Kier molecular flexibility index (Phi) is 2.11. The molecule has 1 aliphatic heterocycles. The lowest BCUT2D eigenvalue weighted by atomic mass is 10.0. The van der Waals surface area contributed by atoms with Crippen molar-refractivity contribution in [2.45, 2.75) is 25.4 Å². The minimum atomic E-state index is 0.487. The van der Waals surface area contributed by atoms with Gasteiger partial charge in [0.15, 0.2) is 0 Å². The molecule has 2 N–H and O–H groups in total. The first-order valence-electron chi connectivity index (χ1n) is 4.42. The molecule has 1 heterocycles. The third-order valence-corrected chi connectivity index (χ3v) is 2.30. The van der Waals surface area contributed by atoms with Crippen LogP contribution in [0.4, 0.5) is 0 Å². The Labute approximate surface area is 73.0 Å². The van der Waals surface area contributed by atoms with Crippen LogP contribution in [-0.2, 0) is 0 Å². The van der Waals surface area contributed by atoms with Crippen molar-refractivity contribution in [3.63, 3.8) is 0 Å². The highest BCUT2D eigenvalue weighted by atomic mass is 15.4. The lowest BCUT2D eigenvalue weighted by Crippen LogP contribution is -2.28. The number of hydrogen-bond donors (Lipinski definition) is 2. The van der Waals surface area contributed by atoms with Gasteiger partial charge < -0.3 is 0 Å². The van der Waals surface area contributed by atoms with Gasteiger partial charge in [-0.1, -0.05) is 30.3 Å². The summed E-state index contributed by atoms with van der Waals surface area (Å²) in [6.45, 7) is 2.19. The van der Waals surface area contributed by atoms with Gasteiger partial charge in [-0.25, -0.2) is 0 Å². The zero-order valence-electron chi connectivity index (χ0n) is 7.25. The average molecular weight is 162 g/mol. The molecule has 0 radical (unpaired) electrons. The summed E-state index contributed by atoms with van der Waals surface area (Å²) in [5, 5.41) is 0. The number of hydrogen-bond acceptors (Lipinski definition) is 2. The number of rotatable bonds is 1. The normalized spacial score (nSPS) is 29.1. The highest BCUT2D eigenvalue weighted by molar-refractivity contribution is 5.19. The van der Waals surface area contributed by atoms with E-state index in [9.17, 15) is 0 Å². The van der Waals surface area contributed by atoms with Gasteiger partial charge in [-0.2, -0.15) is 0 Å². The maximum absolute atomic E-state index is 3.27. The molecule has 0 saturated carbocycles. The second-order valence-electron chi connectivity index (χ2n) is 3.39. The maximum Gasteiger partial charge on any atom is 0.0477 e. The molecule has 0 aliphatic carbocycles. The van der Waals surface area contributed by atoms with E-state index in [1.807, 2.05) is 0 Å². The van der Waals surface area contributed by atoms with Crippen molar-refractivity contribution in [1.29, 1.82) is 0 Å². The maximum atomic E-state index is 3.27. The second-order valence-corrected chi connectivity index (χ2v) is 3.39. The Morgan fingerprint density at radius 3 is 2.50 bits per heavy atom. The molecule has 0 amide bonds. The van der Waals surface area contributed by atoms with E-state index >= 15 is 0 Å². The van der Waals surface area contributed by atoms with Crippen LogP contribution in [0.1, 0.15) is 24.9 Å². The van der Waals surface area contributed by atoms with Crippen molar-refractivity contribution in [2.75, 3.05) is 0 Å². The molecule has 1 aliphatic rings. The van der Waals surface area contributed by atoms with Gasteiger partial charge in [0, 0.05) is 12.1 Å². The fourth-order valence-electron chi connectivity index (χ4n) is 1.62. The summed E-state index contributed by atoms with van der Waals surface area (Å²) in [4.78, 5) is 0. The molecular weight excluding hydrogens is 148 g/mol. The Bertz CT molecular complexity index is 245. The van der Waals surface area contributed by atoms with Gasteiger partial charge in [0.2, 0.25) is 0 Å². The van der Waals surface area contributed by atoms with Crippen LogP contribution in [-0.4, -0.2) is 6.04 Å². The van der Waals surface area contributed by atoms with Crippen LogP contribution in [0.3, 0.4) is 0 Å². The molecule has 2 rings (SSSR count). The van der Waals surface area contributed by atoms with E-state index in [0.29, 0.717) is 12.1 Å². The highest BCUT2D eigenvalue weighted by Gasteiger charge is 2.20. The molecule has 0 aromatic heterocycles. The lowest BCUT2D eigenvalue weighted by molar-refractivity contribution is 0.560. The summed E-state index contributed by atoms with van der Waals surface area (Å²) >= 11 is 0. The van der Waals surface area contributed by atoms with Crippen molar-refractivity contribution >= 4 is 0 Å². The van der Waals surface area contributed by atoms with Gasteiger partial charge in [-0.15, -0.1) is 0 Å². The number of nitrogens with one attached hydrogen (secondary N) is 2. The molecule has 2 unspecified atom stereocenters. The van der Waals surface area contributed by atoms with Crippen LogP contribution in [0.2, 0.25) is 0 Å². The Hall–Kier alpha value is -0.860. The van der Waals surface area contributed by atoms with Crippen molar-refractivity contribution in [3.05, 3.63) is 35.9 Å². The van der Waals surface area contributed by atoms with Crippen molar-refractivity contribution < 1.29 is 0 Å². The van der Waals surface area contributed by atoms with Gasteiger partial charge in [-0.05, 0) is 18.9 Å². The largest absolute Gasteiger partial charge is 0.254 e. The lowest BCUT2D eigenvalue weighted by Gasteiger charge is -2.08. The minimum absolute atomic E-state index is 0.487. The molecule has 0 bridgehead atoms. The first-order valence-corrected chi connectivity index (χ1v) is 4.42. The third kappa shape index (κ3) is 1.49. The number of benzene rings is 1. The van der Waals surface area contributed by atoms with Crippen LogP contribution in [0, 0.1) is 0 Å². The van der Waals surface area contributed by atoms with E-state index in [1.165, 1.54) is 12.0 Å². The molecule has 2 atom stereocenters. The summed E-state index contributed by atoms with van der Waals surface area (Å²) in [6.07, 6.45) is 1.17. The monoisotopic (exact) mass is 162 g/mol. The van der Waals surface area contributed by atoms with Crippen LogP contribution in [0.5, 0.6) is 0 Å². The SMILES string of the molecule is CC1CC(c2ccccc2)NN1. The Balaban J connectivity index is 2.11. The molecule has 64 valence electrons. The van der Waals surface area contributed by atoms with E-state index < -0.39 is 0 Å². The average Bonchev–Trinajstić information content (AvgIpc) is 2.54. The summed E-state index contributed by atoms with van der Waals surface area (Å²) in [5.74, 6) is 0. The quantitative estimate of drug-likeness (QED) is 0.655. The fourth-order valence-corrected chi connectivity index (χ4v) is 1.62. The Morgan fingerprint density at radius 1 is 1.17 bits per heavy atom. The summed E-state index contributed by atoms with van der Waals surface area (Å²) in [6, 6.07) is 11.6. The molecule has 1 aromatic rings. The molecule has 2 nitrogen and oxygen atoms in total. The zero-order chi connectivity index (χ0) is 8.39. The summed E-state index contributed by atoms with van der Waals surface area (Å²) in [5.41, 5.74) is 7.86. The molecule has 2 heteroatoms. The smallest absolute Gasteiger partial charge is 0.0477 e. The van der Waals surface area contributed by atoms with Gasteiger partial charge in [0.05, 0.1) is 0 Å². The van der Waals surface area contributed by atoms with Gasteiger partial charge >= 0.3 is 0 Å². The van der Waals surface area contributed by atoms with Crippen LogP contribution < -0.4 is 10.9 Å². The van der Waals surface area contributed by atoms with Gasteiger partial charge in [0.1, 0.15) is 0 Å². The van der Waals surface area contributed by atoms with Crippen molar-refractivity contribution in [1.82, 2.24) is 10.9 Å². The van der Waals surface area contributed by atoms with E-state index in [0.717, 1.165) is 0 Å². The van der Waals surface area contributed by atoms with Crippen LogP contribution >= 0.6 is 0 Å². The first kappa shape index (κ1) is 7.77. The van der Waals surface area contributed by atoms with Gasteiger partial charge in [0.25, 0.3) is 0 Å². The topological polar surface area (TPSA) is 24.1 Å². The van der Waals surface area contributed by atoms with E-state index in [-0.39, 0.29) is 0 Å². The molecular formula is C10H14N2.